The predicted molar refractivity (Wildman–Crippen MR) is 118 cm³/mol. The zero-order chi connectivity index (χ0) is 19.9. The maximum absolute atomic E-state index is 4.74. The zero-order valence-corrected chi connectivity index (χ0v) is 17.2. The topological polar surface area (TPSA) is 53.1 Å². The summed E-state index contributed by atoms with van der Waals surface area (Å²) in [6.45, 7) is 6.13. The van der Waals surface area contributed by atoms with Crippen molar-refractivity contribution in [1.82, 2.24) is 14.9 Å². The van der Waals surface area contributed by atoms with Gasteiger partial charge >= 0.3 is 0 Å². The van der Waals surface area contributed by atoms with Crippen LogP contribution in [0.5, 0.6) is 0 Å². The number of nitrogens with one attached hydrogen (secondary N) is 2. The standard InChI is InChI=1S/C23H29N5/c1-17-11-12-20(15-18(17)2)25-23-26-21(19-9-6-5-7-10-19)16-22(27-23)24-13-8-14-28(3)4/h5-7,9-12,15-16H,8,13-14H2,1-4H3,(H2,24,25,26,27). The van der Waals surface area contributed by atoms with Crippen molar-refractivity contribution in [3.8, 4) is 11.3 Å². The van der Waals surface area contributed by atoms with Crippen LogP contribution >= 0.6 is 0 Å². The molecule has 28 heavy (non-hydrogen) atoms. The van der Waals surface area contributed by atoms with Gasteiger partial charge in [-0.05, 0) is 64.2 Å². The lowest BCUT2D eigenvalue weighted by atomic mass is 10.1. The molecule has 5 nitrogen and oxygen atoms in total. The molecule has 0 atom stereocenters. The smallest absolute Gasteiger partial charge is 0.229 e. The molecule has 3 aromatic rings. The lowest BCUT2D eigenvalue weighted by Crippen LogP contribution is -2.16. The summed E-state index contributed by atoms with van der Waals surface area (Å²) < 4.78 is 0. The Morgan fingerprint density at radius 3 is 2.39 bits per heavy atom. The van der Waals surface area contributed by atoms with Crippen molar-refractivity contribution in [3.05, 3.63) is 65.7 Å². The Bertz CT molecular complexity index is 906. The number of anilines is 3. The molecule has 2 aromatic carbocycles. The highest BCUT2D eigenvalue weighted by Gasteiger charge is 2.08. The van der Waals surface area contributed by atoms with Crippen LogP contribution in [0.3, 0.4) is 0 Å². The molecule has 0 spiro atoms. The minimum Gasteiger partial charge on any atom is -0.370 e. The number of benzene rings is 2. The molecule has 146 valence electrons. The first-order chi connectivity index (χ1) is 13.5. The van der Waals surface area contributed by atoms with E-state index in [1.54, 1.807) is 0 Å². The number of aromatic nitrogens is 2. The van der Waals surface area contributed by atoms with Crippen LogP contribution in [0.25, 0.3) is 11.3 Å². The molecule has 0 bridgehead atoms. The van der Waals surface area contributed by atoms with Gasteiger partial charge in [0.15, 0.2) is 0 Å². The first-order valence-electron chi connectivity index (χ1n) is 9.68. The minimum atomic E-state index is 0.597. The largest absolute Gasteiger partial charge is 0.370 e. The summed E-state index contributed by atoms with van der Waals surface area (Å²) in [6.07, 6.45) is 1.05. The van der Waals surface area contributed by atoms with Crippen molar-refractivity contribution in [2.45, 2.75) is 20.3 Å². The highest BCUT2D eigenvalue weighted by molar-refractivity contribution is 5.66. The molecule has 5 heteroatoms. The van der Waals surface area contributed by atoms with Crippen LogP contribution in [0.4, 0.5) is 17.5 Å². The molecule has 1 heterocycles. The molecular formula is C23H29N5. The van der Waals surface area contributed by atoms with E-state index in [0.717, 1.165) is 42.3 Å². The first kappa shape index (κ1) is 19.8. The second-order valence-electron chi connectivity index (χ2n) is 7.34. The fourth-order valence-electron chi connectivity index (χ4n) is 2.91. The Kier molecular flexibility index (Phi) is 6.61. The van der Waals surface area contributed by atoms with Crippen molar-refractivity contribution < 1.29 is 0 Å². The van der Waals surface area contributed by atoms with Gasteiger partial charge < -0.3 is 15.5 Å². The van der Waals surface area contributed by atoms with Crippen LogP contribution in [0.15, 0.2) is 54.6 Å². The van der Waals surface area contributed by atoms with Crippen LogP contribution in [-0.2, 0) is 0 Å². The number of hydrogen-bond acceptors (Lipinski definition) is 5. The van der Waals surface area contributed by atoms with Crippen molar-refractivity contribution >= 4 is 17.5 Å². The van der Waals surface area contributed by atoms with Crippen molar-refractivity contribution in [2.24, 2.45) is 0 Å². The summed E-state index contributed by atoms with van der Waals surface area (Å²) in [5, 5.41) is 6.80. The van der Waals surface area contributed by atoms with Crippen LogP contribution in [0.1, 0.15) is 17.5 Å². The van der Waals surface area contributed by atoms with Gasteiger partial charge in [-0.3, -0.25) is 0 Å². The molecule has 2 N–H and O–H groups in total. The van der Waals surface area contributed by atoms with Crippen LogP contribution in [0, 0.1) is 13.8 Å². The van der Waals surface area contributed by atoms with Gasteiger partial charge in [0.2, 0.25) is 5.95 Å². The Hall–Kier alpha value is -2.92. The summed E-state index contributed by atoms with van der Waals surface area (Å²) in [5.74, 6) is 1.43. The summed E-state index contributed by atoms with van der Waals surface area (Å²) in [6, 6.07) is 18.5. The fraction of sp³-hybridized carbons (Fsp3) is 0.304. The van der Waals surface area contributed by atoms with E-state index in [-0.39, 0.29) is 0 Å². The lowest BCUT2D eigenvalue weighted by molar-refractivity contribution is 0.405. The Labute approximate surface area is 167 Å². The number of nitrogens with zero attached hydrogens (tertiary/aromatic N) is 3. The lowest BCUT2D eigenvalue weighted by Gasteiger charge is -2.13. The SMILES string of the molecule is Cc1ccc(Nc2nc(NCCCN(C)C)cc(-c3ccccc3)n2)cc1C. The van der Waals surface area contributed by atoms with E-state index in [0.29, 0.717) is 5.95 Å². The number of hydrogen-bond donors (Lipinski definition) is 2. The normalized spacial score (nSPS) is 10.9. The molecular weight excluding hydrogens is 346 g/mol. The minimum absolute atomic E-state index is 0.597. The van der Waals surface area contributed by atoms with E-state index in [1.807, 2.05) is 24.3 Å². The van der Waals surface area contributed by atoms with E-state index in [4.69, 9.17) is 4.98 Å². The number of rotatable bonds is 8. The molecule has 3 rings (SSSR count). The summed E-state index contributed by atoms with van der Waals surface area (Å²) in [7, 11) is 4.17. The third-order valence-corrected chi connectivity index (χ3v) is 4.65. The van der Waals surface area contributed by atoms with Crippen molar-refractivity contribution in [1.29, 1.82) is 0 Å². The van der Waals surface area contributed by atoms with Gasteiger partial charge in [-0.25, -0.2) is 4.98 Å². The van der Waals surface area contributed by atoms with Crippen LogP contribution < -0.4 is 10.6 Å². The van der Waals surface area contributed by atoms with Gasteiger partial charge in [-0.1, -0.05) is 36.4 Å². The van der Waals surface area contributed by atoms with Crippen LogP contribution in [-0.4, -0.2) is 42.1 Å². The van der Waals surface area contributed by atoms with E-state index in [2.05, 4.69) is 78.8 Å². The Morgan fingerprint density at radius 2 is 1.68 bits per heavy atom. The molecule has 0 aliphatic heterocycles. The average molecular weight is 376 g/mol. The Balaban J connectivity index is 1.85. The molecule has 0 aliphatic carbocycles. The first-order valence-corrected chi connectivity index (χ1v) is 9.68. The molecule has 1 aromatic heterocycles. The second-order valence-corrected chi connectivity index (χ2v) is 7.34. The van der Waals surface area contributed by atoms with Gasteiger partial charge in [0.1, 0.15) is 5.82 Å². The quantitative estimate of drug-likeness (QED) is 0.550. The van der Waals surface area contributed by atoms with E-state index in [9.17, 15) is 0 Å². The third-order valence-electron chi connectivity index (χ3n) is 4.65. The summed E-state index contributed by atoms with van der Waals surface area (Å²) in [4.78, 5) is 11.6. The zero-order valence-electron chi connectivity index (χ0n) is 17.2. The fourth-order valence-corrected chi connectivity index (χ4v) is 2.91. The van der Waals surface area contributed by atoms with Gasteiger partial charge in [-0.15, -0.1) is 0 Å². The average Bonchev–Trinajstić information content (AvgIpc) is 2.68. The van der Waals surface area contributed by atoms with Gasteiger partial charge in [0.25, 0.3) is 0 Å². The second kappa shape index (κ2) is 9.33. The molecule has 0 amide bonds. The third kappa shape index (κ3) is 5.54. The number of aryl methyl sites for hydroxylation is 2. The van der Waals surface area contributed by atoms with E-state index < -0.39 is 0 Å². The molecule has 0 unspecified atom stereocenters. The highest BCUT2D eigenvalue weighted by Crippen LogP contribution is 2.24. The maximum Gasteiger partial charge on any atom is 0.229 e. The molecule has 0 fully saturated rings. The van der Waals surface area contributed by atoms with Gasteiger partial charge in [-0.2, -0.15) is 4.98 Å². The van der Waals surface area contributed by atoms with Crippen molar-refractivity contribution in [2.75, 3.05) is 37.8 Å². The monoisotopic (exact) mass is 375 g/mol. The Morgan fingerprint density at radius 1 is 0.893 bits per heavy atom. The van der Waals surface area contributed by atoms with Crippen molar-refractivity contribution in [3.63, 3.8) is 0 Å². The molecule has 0 saturated heterocycles. The van der Waals surface area contributed by atoms with Gasteiger partial charge in [0, 0.05) is 23.9 Å². The van der Waals surface area contributed by atoms with Crippen LogP contribution in [0.2, 0.25) is 0 Å². The molecule has 0 saturated carbocycles. The molecule has 0 aliphatic rings. The van der Waals surface area contributed by atoms with E-state index in [1.165, 1.54) is 11.1 Å². The summed E-state index contributed by atoms with van der Waals surface area (Å²) >= 11 is 0. The summed E-state index contributed by atoms with van der Waals surface area (Å²) in [5.41, 5.74) is 5.48. The van der Waals surface area contributed by atoms with Gasteiger partial charge in [0.05, 0.1) is 5.69 Å². The predicted octanol–water partition coefficient (Wildman–Crippen LogP) is 4.87. The highest BCUT2D eigenvalue weighted by atomic mass is 15.1. The maximum atomic E-state index is 4.74. The molecule has 0 radical (unpaired) electrons. The van der Waals surface area contributed by atoms with E-state index >= 15 is 0 Å².